The summed E-state index contributed by atoms with van der Waals surface area (Å²) in [5.41, 5.74) is 3.17. The molecular weight excluding hydrogens is 308 g/mol. The molecule has 2 aromatic rings. The van der Waals surface area contributed by atoms with Gasteiger partial charge in [-0.25, -0.2) is 5.43 Å². The van der Waals surface area contributed by atoms with E-state index in [1.54, 1.807) is 30.3 Å². The molecule has 1 amide bonds. The molecule has 0 saturated carbocycles. The molecule has 0 heterocycles. The Kier molecular flexibility index (Phi) is 5.81. The molecule has 0 unspecified atom stereocenters. The Morgan fingerprint density at radius 1 is 1.33 bits per heavy atom. The fourth-order valence-electron chi connectivity index (χ4n) is 1.87. The van der Waals surface area contributed by atoms with Crippen LogP contribution in [0.1, 0.15) is 15.9 Å². The van der Waals surface area contributed by atoms with Gasteiger partial charge in [0.05, 0.1) is 18.9 Å². The molecular formula is C18H16N2O4. The van der Waals surface area contributed by atoms with E-state index in [9.17, 15) is 9.90 Å². The number of carbonyl (C=O) groups excluding carboxylic acids is 1. The van der Waals surface area contributed by atoms with Gasteiger partial charge >= 0.3 is 0 Å². The molecule has 0 fully saturated rings. The molecule has 24 heavy (non-hydrogen) atoms. The molecule has 122 valence electrons. The Morgan fingerprint density at radius 3 is 2.88 bits per heavy atom. The van der Waals surface area contributed by atoms with E-state index in [0.29, 0.717) is 11.5 Å². The van der Waals surface area contributed by atoms with Gasteiger partial charge in [0, 0.05) is 6.07 Å². The summed E-state index contributed by atoms with van der Waals surface area (Å²) in [5, 5.41) is 13.7. The highest BCUT2D eigenvalue weighted by atomic mass is 16.5. The first kappa shape index (κ1) is 16.9. The lowest BCUT2D eigenvalue weighted by Gasteiger charge is -2.05. The molecule has 0 bridgehead atoms. The summed E-state index contributed by atoms with van der Waals surface area (Å²) in [6.45, 7) is 0.175. The van der Waals surface area contributed by atoms with Gasteiger partial charge in [0.2, 0.25) is 0 Å². The average molecular weight is 324 g/mol. The smallest absolute Gasteiger partial charge is 0.275 e. The first-order valence-corrected chi connectivity index (χ1v) is 7.01. The zero-order chi connectivity index (χ0) is 17.4. The largest absolute Gasteiger partial charge is 0.507 e. The van der Waals surface area contributed by atoms with Crippen molar-refractivity contribution in [2.24, 2.45) is 5.10 Å². The van der Waals surface area contributed by atoms with E-state index >= 15 is 0 Å². The number of nitrogens with one attached hydrogen (secondary N) is 1. The fraction of sp³-hybridized carbons (Fsp3) is 0.111. The molecule has 2 N–H and O–H groups in total. The minimum atomic E-state index is -0.536. The maximum absolute atomic E-state index is 12.0. The van der Waals surface area contributed by atoms with Crippen molar-refractivity contribution in [1.82, 2.24) is 5.43 Å². The van der Waals surface area contributed by atoms with Crippen molar-refractivity contribution >= 4 is 12.1 Å². The Bertz CT molecular complexity index is 794. The number of amides is 1. The standard InChI is InChI=1S/C18H16N2O4/c1-3-9-24-15-6-4-5-13(10-15)12-19-20-18(22)16-8-7-14(23-2)11-17(16)21/h1,4-8,10-12,21H,9H2,2H3,(H,20,22)/b19-12-. The number of aromatic hydroxyl groups is 1. The van der Waals surface area contributed by atoms with E-state index in [1.807, 2.05) is 0 Å². The van der Waals surface area contributed by atoms with Gasteiger partial charge in [-0.3, -0.25) is 4.79 Å². The summed E-state index contributed by atoms with van der Waals surface area (Å²) in [6.07, 6.45) is 6.60. The Morgan fingerprint density at radius 2 is 2.17 bits per heavy atom. The van der Waals surface area contributed by atoms with Crippen LogP contribution in [0.5, 0.6) is 17.2 Å². The van der Waals surface area contributed by atoms with Crippen LogP contribution in [0.3, 0.4) is 0 Å². The van der Waals surface area contributed by atoms with E-state index in [0.717, 1.165) is 5.56 Å². The monoisotopic (exact) mass is 324 g/mol. The van der Waals surface area contributed by atoms with Crippen molar-refractivity contribution in [3.05, 3.63) is 53.6 Å². The molecule has 6 heteroatoms. The molecule has 0 spiro atoms. The molecule has 0 aliphatic heterocycles. The van der Waals surface area contributed by atoms with E-state index in [1.165, 1.54) is 25.5 Å². The van der Waals surface area contributed by atoms with Crippen LogP contribution >= 0.6 is 0 Å². The van der Waals surface area contributed by atoms with Crippen molar-refractivity contribution in [2.75, 3.05) is 13.7 Å². The number of terminal acetylenes is 1. The lowest BCUT2D eigenvalue weighted by Crippen LogP contribution is -2.17. The van der Waals surface area contributed by atoms with Crippen molar-refractivity contribution in [1.29, 1.82) is 0 Å². The Hall–Kier alpha value is -3.46. The number of benzene rings is 2. The molecule has 6 nitrogen and oxygen atoms in total. The fourth-order valence-corrected chi connectivity index (χ4v) is 1.87. The predicted molar refractivity (Wildman–Crippen MR) is 90.5 cm³/mol. The van der Waals surface area contributed by atoms with Gasteiger partial charge in [-0.2, -0.15) is 5.10 Å². The third kappa shape index (κ3) is 4.52. The van der Waals surface area contributed by atoms with E-state index in [2.05, 4.69) is 16.4 Å². The van der Waals surface area contributed by atoms with Crippen LogP contribution < -0.4 is 14.9 Å². The number of methoxy groups -OCH3 is 1. The highest BCUT2D eigenvalue weighted by Crippen LogP contribution is 2.23. The summed E-state index contributed by atoms with van der Waals surface area (Å²) >= 11 is 0. The Balaban J connectivity index is 2.01. The van der Waals surface area contributed by atoms with Gasteiger partial charge in [0.25, 0.3) is 5.91 Å². The maximum atomic E-state index is 12.0. The van der Waals surface area contributed by atoms with Gasteiger partial charge in [0.15, 0.2) is 0 Å². The summed E-state index contributed by atoms with van der Waals surface area (Å²) < 4.78 is 10.3. The second-order valence-corrected chi connectivity index (χ2v) is 4.65. The molecule has 0 aliphatic rings. The SMILES string of the molecule is C#CCOc1cccc(/C=N\NC(=O)c2ccc(OC)cc2O)c1. The minimum Gasteiger partial charge on any atom is -0.507 e. The van der Waals surface area contributed by atoms with Crippen molar-refractivity contribution < 1.29 is 19.4 Å². The second-order valence-electron chi connectivity index (χ2n) is 4.65. The zero-order valence-corrected chi connectivity index (χ0v) is 13.0. The van der Waals surface area contributed by atoms with Crippen LogP contribution in [0, 0.1) is 12.3 Å². The predicted octanol–water partition coefficient (Wildman–Crippen LogP) is 2.18. The van der Waals surface area contributed by atoms with E-state index in [4.69, 9.17) is 15.9 Å². The molecule has 2 rings (SSSR count). The lowest BCUT2D eigenvalue weighted by molar-refractivity contribution is 0.0952. The summed E-state index contributed by atoms with van der Waals surface area (Å²) in [4.78, 5) is 12.0. The first-order valence-electron chi connectivity index (χ1n) is 7.01. The summed E-state index contributed by atoms with van der Waals surface area (Å²) in [5.74, 6) is 2.72. The number of rotatable bonds is 6. The van der Waals surface area contributed by atoms with Crippen molar-refractivity contribution in [3.63, 3.8) is 0 Å². The van der Waals surface area contributed by atoms with Crippen LogP contribution in [0.4, 0.5) is 0 Å². The van der Waals surface area contributed by atoms with Crippen LogP contribution in [0.15, 0.2) is 47.6 Å². The third-order valence-corrected chi connectivity index (χ3v) is 3.01. The van der Waals surface area contributed by atoms with E-state index in [-0.39, 0.29) is 17.9 Å². The van der Waals surface area contributed by atoms with Crippen LogP contribution in [-0.4, -0.2) is 30.9 Å². The van der Waals surface area contributed by atoms with Crippen molar-refractivity contribution in [3.8, 4) is 29.6 Å². The number of hydrazone groups is 1. The second kappa shape index (κ2) is 8.25. The molecule has 0 aliphatic carbocycles. The average Bonchev–Trinajstić information content (AvgIpc) is 2.60. The summed E-state index contributed by atoms with van der Waals surface area (Å²) in [6, 6.07) is 11.5. The first-order chi connectivity index (χ1) is 11.6. The normalized spacial score (nSPS) is 10.2. The minimum absolute atomic E-state index is 0.0963. The van der Waals surface area contributed by atoms with Crippen molar-refractivity contribution in [2.45, 2.75) is 0 Å². The van der Waals surface area contributed by atoms with Crippen LogP contribution in [-0.2, 0) is 0 Å². The Labute approximate surface area is 139 Å². The number of hydrogen-bond acceptors (Lipinski definition) is 5. The maximum Gasteiger partial charge on any atom is 0.275 e. The van der Waals surface area contributed by atoms with Gasteiger partial charge in [-0.1, -0.05) is 18.1 Å². The van der Waals surface area contributed by atoms with Crippen LogP contribution in [0.25, 0.3) is 0 Å². The topological polar surface area (TPSA) is 80.2 Å². The van der Waals surface area contributed by atoms with Gasteiger partial charge < -0.3 is 14.6 Å². The number of nitrogens with zero attached hydrogens (tertiary/aromatic N) is 1. The lowest BCUT2D eigenvalue weighted by atomic mass is 10.2. The third-order valence-electron chi connectivity index (χ3n) is 3.01. The van der Waals surface area contributed by atoms with Gasteiger partial charge in [-0.05, 0) is 29.8 Å². The number of carbonyl (C=O) groups is 1. The number of phenols is 1. The quantitative estimate of drug-likeness (QED) is 0.485. The van der Waals surface area contributed by atoms with Crippen LogP contribution in [0.2, 0.25) is 0 Å². The van der Waals surface area contributed by atoms with Gasteiger partial charge in [-0.15, -0.1) is 6.42 Å². The number of hydrogen-bond donors (Lipinski definition) is 2. The molecule has 0 atom stereocenters. The molecule has 0 radical (unpaired) electrons. The zero-order valence-electron chi connectivity index (χ0n) is 13.0. The summed E-state index contributed by atoms with van der Waals surface area (Å²) in [7, 11) is 1.47. The highest BCUT2D eigenvalue weighted by molar-refractivity contribution is 5.97. The molecule has 0 saturated heterocycles. The molecule has 2 aromatic carbocycles. The highest BCUT2D eigenvalue weighted by Gasteiger charge is 2.11. The van der Waals surface area contributed by atoms with E-state index < -0.39 is 5.91 Å². The van der Waals surface area contributed by atoms with Gasteiger partial charge in [0.1, 0.15) is 23.9 Å². The molecule has 0 aromatic heterocycles. The number of phenolic OH excluding ortho intramolecular Hbond substituents is 1. The number of ether oxygens (including phenoxy) is 2.